The zero-order valence-electron chi connectivity index (χ0n) is 14.8. The summed E-state index contributed by atoms with van der Waals surface area (Å²) in [4.78, 5) is 9.00. The van der Waals surface area contributed by atoms with Crippen molar-refractivity contribution in [2.75, 3.05) is 39.1 Å². The monoisotopic (exact) mass is 316 g/mol. The number of aromatic nitrogens is 3. The molecule has 2 rings (SSSR count). The second-order valence-electron chi connectivity index (χ2n) is 6.21. The number of nitrogens with zero attached hydrogens (tertiary/aromatic N) is 4. The van der Waals surface area contributed by atoms with Gasteiger partial charge in [-0.3, -0.25) is 5.10 Å². The summed E-state index contributed by atoms with van der Waals surface area (Å²) in [5.74, 6) is 0.979. The van der Waals surface area contributed by atoms with E-state index in [-0.39, 0.29) is 0 Å². The highest BCUT2D eigenvalue weighted by Crippen LogP contribution is 2.23. The van der Waals surface area contributed by atoms with Gasteiger partial charge in [0.1, 0.15) is 5.82 Å². The first-order valence-corrected chi connectivity index (χ1v) is 8.08. The number of anilines is 1. The first-order valence-electron chi connectivity index (χ1n) is 8.08. The fourth-order valence-corrected chi connectivity index (χ4v) is 2.36. The van der Waals surface area contributed by atoms with Crippen LogP contribution in [0.4, 0.5) is 5.82 Å². The summed E-state index contributed by atoms with van der Waals surface area (Å²) >= 11 is 0. The number of pyridine rings is 1. The van der Waals surface area contributed by atoms with Crippen LogP contribution in [0.25, 0.3) is 11.3 Å². The van der Waals surface area contributed by atoms with Crippen LogP contribution < -0.4 is 10.2 Å². The molecule has 2 N–H and O–H groups in total. The van der Waals surface area contributed by atoms with Gasteiger partial charge in [0.05, 0.1) is 5.69 Å². The van der Waals surface area contributed by atoms with Crippen molar-refractivity contribution in [2.45, 2.75) is 26.4 Å². The van der Waals surface area contributed by atoms with Crippen LogP contribution in [0.15, 0.2) is 24.5 Å². The summed E-state index contributed by atoms with van der Waals surface area (Å²) in [7, 11) is 6.15. The first kappa shape index (κ1) is 17.4. The fourth-order valence-electron chi connectivity index (χ4n) is 2.36. The van der Waals surface area contributed by atoms with Gasteiger partial charge in [-0.15, -0.1) is 0 Å². The Morgan fingerprint density at radius 2 is 2.04 bits per heavy atom. The number of rotatable bonds is 8. The van der Waals surface area contributed by atoms with E-state index >= 15 is 0 Å². The van der Waals surface area contributed by atoms with E-state index < -0.39 is 0 Å². The second kappa shape index (κ2) is 8.08. The normalized spacial score (nSPS) is 11.4. The van der Waals surface area contributed by atoms with Gasteiger partial charge in [-0.1, -0.05) is 0 Å². The predicted molar refractivity (Wildman–Crippen MR) is 95.6 cm³/mol. The minimum Gasteiger partial charge on any atom is -0.357 e. The maximum atomic E-state index is 4.57. The van der Waals surface area contributed by atoms with Crippen molar-refractivity contribution in [3.05, 3.63) is 30.1 Å². The van der Waals surface area contributed by atoms with Gasteiger partial charge in [0.15, 0.2) is 0 Å². The van der Waals surface area contributed by atoms with Crippen LogP contribution in [-0.4, -0.2) is 60.4 Å². The van der Waals surface area contributed by atoms with Gasteiger partial charge >= 0.3 is 0 Å². The number of aromatic amines is 1. The number of nitrogens with one attached hydrogen (secondary N) is 2. The Morgan fingerprint density at radius 3 is 2.65 bits per heavy atom. The molecule has 6 nitrogen and oxygen atoms in total. The molecular formula is C17H28N6. The van der Waals surface area contributed by atoms with E-state index in [0.29, 0.717) is 6.04 Å². The van der Waals surface area contributed by atoms with Gasteiger partial charge in [0.25, 0.3) is 0 Å². The van der Waals surface area contributed by atoms with Crippen LogP contribution >= 0.6 is 0 Å². The largest absolute Gasteiger partial charge is 0.357 e. The average Bonchev–Trinajstić information content (AvgIpc) is 3.00. The van der Waals surface area contributed by atoms with E-state index in [0.717, 1.165) is 36.7 Å². The van der Waals surface area contributed by atoms with Crippen molar-refractivity contribution in [1.82, 2.24) is 25.4 Å². The van der Waals surface area contributed by atoms with E-state index in [1.807, 2.05) is 19.4 Å². The highest BCUT2D eigenvalue weighted by atomic mass is 15.2. The highest BCUT2D eigenvalue weighted by Gasteiger charge is 2.12. The Bertz CT molecular complexity index is 589. The van der Waals surface area contributed by atoms with Gasteiger partial charge in [0, 0.05) is 56.2 Å². The number of hydrogen-bond donors (Lipinski definition) is 2. The average molecular weight is 316 g/mol. The third-order valence-electron chi connectivity index (χ3n) is 4.06. The topological polar surface area (TPSA) is 60.1 Å². The molecule has 0 aromatic carbocycles. The lowest BCUT2D eigenvalue weighted by Crippen LogP contribution is -2.27. The van der Waals surface area contributed by atoms with Crippen molar-refractivity contribution >= 4 is 5.82 Å². The molecule has 0 aliphatic carbocycles. The second-order valence-corrected chi connectivity index (χ2v) is 6.21. The van der Waals surface area contributed by atoms with Crippen LogP contribution in [0.2, 0.25) is 0 Å². The lowest BCUT2D eigenvalue weighted by Gasteiger charge is -2.22. The minimum absolute atomic E-state index is 0.426. The molecule has 23 heavy (non-hydrogen) atoms. The lowest BCUT2D eigenvalue weighted by atomic mass is 10.1. The Hall–Kier alpha value is -1.92. The molecule has 0 bridgehead atoms. The van der Waals surface area contributed by atoms with Gasteiger partial charge in [0.2, 0.25) is 0 Å². The Kier molecular flexibility index (Phi) is 6.12. The third kappa shape index (κ3) is 4.53. The molecule has 2 aromatic heterocycles. The number of hydrogen-bond acceptors (Lipinski definition) is 5. The molecule has 0 unspecified atom stereocenters. The molecular weight excluding hydrogens is 288 g/mol. The Balaban J connectivity index is 2.12. The molecule has 0 aliphatic rings. The first-order chi connectivity index (χ1) is 11.0. The maximum absolute atomic E-state index is 4.57. The van der Waals surface area contributed by atoms with Gasteiger partial charge in [-0.05, 0) is 40.1 Å². The van der Waals surface area contributed by atoms with Crippen molar-refractivity contribution in [3.8, 4) is 11.3 Å². The number of H-pyrrole nitrogens is 1. The van der Waals surface area contributed by atoms with Crippen molar-refractivity contribution in [3.63, 3.8) is 0 Å². The van der Waals surface area contributed by atoms with Crippen molar-refractivity contribution < 1.29 is 0 Å². The molecule has 0 atom stereocenters. The fraction of sp³-hybridized carbons (Fsp3) is 0.529. The molecule has 0 spiro atoms. The van der Waals surface area contributed by atoms with E-state index in [4.69, 9.17) is 0 Å². The van der Waals surface area contributed by atoms with E-state index in [1.165, 1.54) is 5.56 Å². The van der Waals surface area contributed by atoms with Crippen LogP contribution in [0.5, 0.6) is 0 Å². The summed E-state index contributed by atoms with van der Waals surface area (Å²) < 4.78 is 0. The van der Waals surface area contributed by atoms with Gasteiger partial charge in [-0.2, -0.15) is 5.10 Å². The minimum atomic E-state index is 0.426. The quantitative estimate of drug-likeness (QED) is 0.780. The molecule has 0 fully saturated rings. The smallest absolute Gasteiger partial charge is 0.128 e. The van der Waals surface area contributed by atoms with Gasteiger partial charge in [-0.25, -0.2) is 4.98 Å². The summed E-state index contributed by atoms with van der Waals surface area (Å²) in [6.45, 7) is 7.14. The Morgan fingerprint density at radius 1 is 1.26 bits per heavy atom. The van der Waals surface area contributed by atoms with Crippen LogP contribution in [0, 0.1) is 0 Å². The summed E-state index contributed by atoms with van der Waals surface area (Å²) in [5.41, 5.74) is 3.21. The van der Waals surface area contributed by atoms with E-state index in [2.05, 4.69) is 70.4 Å². The molecule has 6 heteroatoms. The summed E-state index contributed by atoms with van der Waals surface area (Å²) in [6, 6.07) is 4.57. The SMILES string of the molecule is CNCCN(C)Cc1c[nH]nc1-c1ccc(N(C)C(C)C)nc1. The molecule has 0 saturated carbocycles. The van der Waals surface area contributed by atoms with E-state index in [9.17, 15) is 0 Å². The van der Waals surface area contributed by atoms with Crippen LogP contribution in [0.3, 0.4) is 0 Å². The number of likely N-dealkylation sites (N-methyl/N-ethyl adjacent to an activating group) is 2. The van der Waals surface area contributed by atoms with Crippen molar-refractivity contribution in [1.29, 1.82) is 0 Å². The molecule has 2 aromatic rings. The molecule has 2 heterocycles. The van der Waals surface area contributed by atoms with Crippen LogP contribution in [-0.2, 0) is 6.54 Å². The zero-order chi connectivity index (χ0) is 16.8. The molecule has 0 saturated heterocycles. The maximum Gasteiger partial charge on any atom is 0.128 e. The van der Waals surface area contributed by atoms with Gasteiger partial charge < -0.3 is 15.1 Å². The molecule has 0 amide bonds. The predicted octanol–water partition coefficient (Wildman–Crippen LogP) is 1.97. The van der Waals surface area contributed by atoms with Crippen molar-refractivity contribution in [2.24, 2.45) is 0 Å². The summed E-state index contributed by atoms with van der Waals surface area (Å²) in [6.07, 6.45) is 3.88. The standard InChI is InChI=1S/C17H28N6/c1-13(2)23(5)16-7-6-14(10-19-16)17-15(11-20-21-17)12-22(4)9-8-18-3/h6-7,10-11,13,18H,8-9,12H2,1-5H3,(H,20,21). The Labute approximate surface area is 138 Å². The molecule has 0 aliphatic heterocycles. The van der Waals surface area contributed by atoms with Crippen LogP contribution in [0.1, 0.15) is 19.4 Å². The highest BCUT2D eigenvalue weighted by molar-refractivity contribution is 5.63. The molecule has 0 radical (unpaired) electrons. The molecule has 126 valence electrons. The summed E-state index contributed by atoms with van der Waals surface area (Å²) in [5, 5.41) is 10.6. The third-order valence-corrected chi connectivity index (χ3v) is 4.06. The lowest BCUT2D eigenvalue weighted by molar-refractivity contribution is 0.328. The zero-order valence-corrected chi connectivity index (χ0v) is 14.8. The van der Waals surface area contributed by atoms with E-state index in [1.54, 1.807) is 0 Å².